The van der Waals surface area contributed by atoms with E-state index in [4.69, 9.17) is 9.84 Å². The molecule has 5 heteroatoms. The quantitative estimate of drug-likeness (QED) is 0.0977. The first-order chi connectivity index (χ1) is 14.2. The molecule has 0 heterocycles. The van der Waals surface area contributed by atoms with Crippen molar-refractivity contribution in [3.05, 3.63) is 0 Å². The predicted octanol–water partition coefficient (Wildman–Crippen LogP) is 7.67. The number of carbonyl (C=O) groups is 2. The van der Waals surface area contributed by atoms with E-state index in [1.165, 1.54) is 103 Å². The van der Waals surface area contributed by atoms with Crippen molar-refractivity contribution < 1.29 is 22.3 Å². The van der Waals surface area contributed by atoms with Crippen molar-refractivity contribution in [1.82, 2.24) is 0 Å². The van der Waals surface area contributed by atoms with E-state index in [9.17, 15) is 9.59 Å². The van der Waals surface area contributed by atoms with Crippen molar-refractivity contribution in [3.63, 3.8) is 0 Å². The van der Waals surface area contributed by atoms with Gasteiger partial charge in [0.25, 0.3) is 0 Å². The molecular formula is C25H50CaO4. The van der Waals surface area contributed by atoms with Gasteiger partial charge in [0, 0.05) is 12.8 Å². The van der Waals surface area contributed by atoms with Crippen molar-refractivity contribution in [1.29, 1.82) is 0 Å². The van der Waals surface area contributed by atoms with Crippen LogP contribution in [0.3, 0.4) is 0 Å². The SMILES string of the molecule is CCCCCCCCCCCCCCCCCCCCOC(=O)CCCC(=O)O.[Ca+2].[H-].[H-]. The molecule has 0 unspecified atom stereocenters. The van der Waals surface area contributed by atoms with E-state index in [0.717, 1.165) is 12.8 Å². The van der Waals surface area contributed by atoms with E-state index in [2.05, 4.69) is 6.92 Å². The van der Waals surface area contributed by atoms with Crippen molar-refractivity contribution in [2.75, 3.05) is 6.61 Å². The third kappa shape index (κ3) is 28.2. The van der Waals surface area contributed by atoms with E-state index >= 15 is 0 Å². The van der Waals surface area contributed by atoms with Crippen molar-refractivity contribution in [3.8, 4) is 0 Å². The molecule has 0 aliphatic heterocycles. The number of ether oxygens (including phenoxy) is 1. The molecule has 30 heavy (non-hydrogen) atoms. The van der Waals surface area contributed by atoms with Gasteiger partial charge in [0.1, 0.15) is 0 Å². The van der Waals surface area contributed by atoms with Crippen LogP contribution in [-0.4, -0.2) is 61.4 Å². The first-order valence-electron chi connectivity index (χ1n) is 12.5. The van der Waals surface area contributed by atoms with Gasteiger partial charge in [0.15, 0.2) is 0 Å². The van der Waals surface area contributed by atoms with Crippen LogP contribution >= 0.6 is 0 Å². The average molecular weight is 455 g/mol. The molecule has 0 amide bonds. The smallest absolute Gasteiger partial charge is 1.00 e. The molecule has 0 saturated carbocycles. The molecule has 0 radical (unpaired) electrons. The van der Waals surface area contributed by atoms with Gasteiger partial charge in [-0.15, -0.1) is 0 Å². The summed E-state index contributed by atoms with van der Waals surface area (Å²) >= 11 is 0. The van der Waals surface area contributed by atoms with Crippen LogP contribution in [0.25, 0.3) is 0 Å². The van der Waals surface area contributed by atoms with E-state index in [1.54, 1.807) is 0 Å². The van der Waals surface area contributed by atoms with Crippen LogP contribution in [0, 0.1) is 0 Å². The first kappa shape index (κ1) is 32.4. The second-order valence-corrected chi connectivity index (χ2v) is 8.48. The minimum Gasteiger partial charge on any atom is -1.00 e. The Kier molecular flexibility index (Phi) is 29.4. The van der Waals surface area contributed by atoms with Crippen LogP contribution in [0.15, 0.2) is 0 Å². The van der Waals surface area contributed by atoms with Gasteiger partial charge >= 0.3 is 49.7 Å². The van der Waals surface area contributed by atoms with Gasteiger partial charge in [-0.1, -0.05) is 116 Å². The Morgan fingerprint density at radius 2 is 0.967 bits per heavy atom. The summed E-state index contributed by atoms with van der Waals surface area (Å²) in [4.78, 5) is 21.8. The van der Waals surface area contributed by atoms with Crippen LogP contribution in [-0.2, 0) is 14.3 Å². The van der Waals surface area contributed by atoms with Gasteiger partial charge in [-0.3, -0.25) is 9.59 Å². The van der Waals surface area contributed by atoms with E-state index in [0.29, 0.717) is 13.0 Å². The maximum atomic E-state index is 11.4. The van der Waals surface area contributed by atoms with E-state index < -0.39 is 5.97 Å². The number of esters is 1. The third-order valence-electron chi connectivity index (χ3n) is 5.53. The fourth-order valence-electron chi connectivity index (χ4n) is 3.65. The van der Waals surface area contributed by atoms with Gasteiger partial charge in [-0.25, -0.2) is 0 Å². The zero-order valence-electron chi connectivity index (χ0n) is 21.9. The van der Waals surface area contributed by atoms with Crippen LogP contribution in [0.2, 0.25) is 0 Å². The molecule has 0 rings (SSSR count). The zero-order valence-corrected chi connectivity index (χ0v) is 22.1. The molecular weight excluding hydrogens is 404 g/mol. The predicted molar refractivity (Wildman–Crippen MR) is 129 cm³/mol. The van der Waals surface area contributed by atoms with E-state index in [-0.39, 0.29) is 59.4 Å². The Hall–Kier alpha value is 0.200. The van der Waals surface area contributed by atoms with Gasteiger partial charge in [0.2, 0.25) is 0 Å². The fourth-order valence-corrected chi connectivity index (χ4v) is 3.65. The molecule has 0 aromatic heterocycles. The molecule has 176 valence electrons. The zero-order chi connectivity index (χ0) is 21.4. The number of carbonyl (C=O) groups excluding carboxylic acids is 1. The fraction of sp³-hybridized carbons (Fsp3) is 0.920. The van der Waals surface area contributed by atoms with Gasteiger partial charge in [-0.05, 0) is 12.8 Å². The Bertz CT molecular complexity index is 385. The molecule has 1 N–H and O–H groups in total. The minimum atomic E-state index is -0.860. The molecule has 0 aromatic carbocycles. The molecule has 4 nitrogen and oxygen atoms in total. The summed E-state index contributed by atoms with van der Waals surface area (Å²) in [6.07, 6.45) is 24.8. The number of rotatable bonds is 23. The topological polar surface area (TPSA) is 63.6 Å². The summed E-state index contributed by atoms with van der Waals surface area (Å²) < 4.78 is 5.12. The minimum absolute atomic E-state index is 0. The molecule has 0 saturated heterocycles. The summed E-state index contributed by atoms with van der Waals surface area (Å²) in [7, 11) is 0. The number of aliphatic carboxylic acids is 1. The maximum absolute atomic E-state index is 11.4. The summed E-state index contributed by atoms with van der Waals surface area (Å²) in [5.41, 5.74) is 0. The van der Waals surface area contributed by atoms with E-state index in [1.807, 2.05) is 0 Å². The summed E-state index contributed by atoms with van der Waals surface area (Å²) in [6.45, 7) is 2.75. The average Bonchev–Trinajstić information content (AvgIpc) is 2.69. The molecule has 0 aliphatic rings. The summed E-state index contributed by atoms with van der Waals surface area (Å²) in [5, 5.41) is 8.52. The summed E-state index contributed by atoms with van der Waals surface area (Å²) in [6, 6.07) is 0. The van der Waals surface area contributed by atoms with Crippen LogP contribution in [0.5, 0.6) is 0 Å². The summed E-state index contributed by atoms with van der Waals surface area (Å²) in [5.74, 6) is -1.13. The molecule has 0 bridgehead atoms. The molecule has 0 aliphatic carbocycles. The van der Waals surface area contributed by atoms with Gasteiger partial charge in [0.05, 0.1) is 6.61 Å². The Labute approximate surface area is 219 Å². The van der Waals surface area contributed by atoms with Crippen molar-refractivity contribution in [2.24, 2.45) is 0 Å². The van der Waals surface area contributed by atoms with Crippen LogP contribution < -0.4 is 0 Å². The second kappa shape index (κ2) is 27.2. The standard InChI is InChI=1S/C25H48O4.Ca.2H/c1-2-3-4-5-6-7-8-9-10-11-12-13-14-15-16-17-18-19-23-29-25(28)22-20-21-24(26)27;;;/h2-23H2,1H3,(H,26,27);;;/q;+2;2*-1. The second-order valence-electron chi connectivity index (χ2n) is 8.48. The number of hydrogen-bond donors (Lipinski definition) is 1. The Morgan fingerprint density at radius 1 is 0.600 bits per heavy atom. The maximum Gasteiger partial charge on any atom is 2.00 e. The molecule has 0 spiro atoms. The van der Waals surface area contributed by atoms with Gasteiger partial charge in [-0.2, -0.15) is 0 Å². The molecule has 0 fully saturated rings. The Balaban J connectivity index is -0.00000131. The normalized spacial score (nSPS) is 10.6. The number of carboxylic acids is 1. The largest absolute Gasteiger partial charge is 2.00 e. The third-order valence-corrected chi connectivity index (χ3v) is 5.53. The van der Waals surface area contributed by atoms with Crippen molar-refractivity contribution in [2.45, 2.75) is 142 Å². The Morgan fingerprint density at radius 3 is 1.33 bits per heavy atom. The first-order valence-corrected chi connectivity index (χ1v) is 12.5. The molecule has 0 atom stereocenters. The van der Waals surface area contributed by atoms with Crippen LogP contribution in [0.1, 0.15) is 145 Å². The number of hydrogen-bond acceptors (Lipinski definition) is 3. The number of unbranched alkanes of at least 4 members (excludes halogenated alkanes) is 17. The van der Waals surface area contributed by atoms with Crippen molar-refractivity contribution >= 4 is 49.7 Å². The number of carboxylic acid groups (broad SMARTS) is 1. The monoisotopic (exact) mass is 454 g/mol. The van der Waals surface area contributed by atoms with Crippen LogP contribution in [0.4, 0.5) is 0 Å². The van der Waals surface area contributed by atoms with Gasteiger partial charge < -0.3 is 12.7 Å². The molecule has 0 aromatic rings.